The van der Waals surface area contributed by atoms with Crippen LogP contribution < -0.4 is 5.73 Å². The first kappa shape index (κ1) is 13.3. The van der Waals surface area contributed by atoms with Gasteiger partial charge in [0.15, 0.2) is 0 Å². The van der Waals surface area contributed by atoms with Gasteiger partial charge in [-0.25, -0.2) is 0 Å². The SMILES string of the molecule is CC(C)CCN(C)C1(CN)CCN2CCCC21. The van der Waals surface area contributed by atoms with Gasteiger partial charge in [-0.3, -0.25) is 9.80 Å². The van der Waals surface area contributed by atoms with E-state index < -0.39 is 0 Å². The number of likely N-dealkylation sites (N-methyl/N-ethyl adjacent to an activating group) is 1. The van der Waals surface area contributed by atoms with Crippen molar-refractivity contribution in [3.63, 3.8) is 0 Å². The Morgan fingerprint density at radius 3 is 2.82 bits per heavy atom. The van der Waals surface area contributed by atoms with E-state index in [0.717, 1.165) is 18.5 Å². The molecule has 0 bridgehead atoms. The molecule has 0 aromatic rings. The monoisotopic (exact) mass is 239 g/mol. The van der Waals surface area contributed by atoms with Crippen LogP contribution in [0, 0.1) is 5.92 Å². The largest absolute Gasteiger partial charge is 0.329 e. The molecule has 17 heavy (non-hydrogen) atoms. The van der Waals surface area contributed by atoms with Crippen LogP contribution in [0.25, 0.3) is 0 Å². The molecule has 2 aliphatic heterocycles. The van der Waals surface area contributed by atoms with Crippen LogP contribution in [0.3, 0.4) is 0 Å². The van der Waals surface area contributed by atoms with Crippen LogP contribution in [-0.4, -0.2) is 54.6 Å². The third-order valence-corrected chi connectivity index (χ3v) is 4.97. The summed E-state index contributed by atoms with van der Waals surface area (Å²) in [5.74, 6) is 0.786. The Labute approximate surface area is 106 Å². The van der Waals surface area contributed by atoms with Crippen LogP contribution in [0.1, 0.15) is 39.5 Å². The van der Waals surface area contributed by atoms with E-state index in [0.29, 0.717) is 0 Å². The Bertz CT molecular complexity index is 254. The highest BCUT2D eigenvalue weighted by molar-refractivity contribution is 5.09. The van der Waals surface area contributed by atoms with Gasteiger partial charge in [0.25, 0.3) is 0 Å². The summed E-state index contributed by atoms with van der Waals surface area (Å²) >= 11 is 0. The molecule has 0 spiro atoms. The molecule has 0 aromatic carbocycles. The topological polar surface area (TPSA) is 32.5 Å². The third-order valence-electron chi connectivity index (χ3n) is 4.97. The van der Waals surface area contributed by atoms with Gasteiger partial charge in [-0.1, -0.05) is 13.8 Å². The van der Waals surface area contributed by atoms with E-state index in [4.69, 9.17) is 5.73 Å². The summed E-state index contributed by atoms with van der Waals surface area (Å²) in [4.78, 5) is 5.24. The summed E-state index contributed by atoms with van der Waals surface area (Å²) in [5, 5.41) is 0. The zero-order chi connectivity index (χ0) is 12.5. The fourth-order valence-corrected chi connectivity index (χ4v) is 3.72. The van der Waals surface area contributed by atoms with Crippen molar-refractivity contribution in [1.29, 1.82) is 0 Å². The predicted octanol–water partition coefficient (Wildman–Crippen LogP) is 1.53. The smallest absolute Gasteiger partial charge is 0.0496 e. The van der Waals surface area contributed by atoms with Gasteiger partial charge in [0.2, 0.25) is 0 Å². The lowest BCUT2D eigenvalue weighted by Crippen LogP contribution is -2.58. The molecule has 2 rings (SSSR count). The van der Waals surface area contributed by atoms with E-state index in [1.54, 1.807) is 0 Å². The Kier molecular flexibility index (Phi) is 4.11. The lowest BCUT2D eigenvalue weighted by molar-refractivity contribution is 0.0864. The summed E-state index contributed by atoms with van der Waals surface area (Å²) in [6.45, 7) is 9.18. The van der Waals surface area contributed by atoms with Crippen molar-refractivity contribution in [3.8, 4) is 0 Å². The standard InChI is InChI=1S/C14H29N3/c1-12(2)6-9-16(3)14(11-15)7-10-17-8-4-5-13(14)17/h12-13H,4-11,15H2,1-3H3. The lowest BCUT2D eigenvalue weighted by Gasteiger charge is -2.42. The van der Waals surface area contributed by atoms with Crippen LogP contribution in [0.4, 0.5) is 0 Å². The fraction of sp³-hybridized carbons (Fsp3) is 1.00. The predicted molar refractivity (Wildman–Crippen MR) is 73.1 cm³/mol. The highest BCUT2D eigenvalue weighted by atomic mass is 15.3. The third kappa shape index (κ3) is 2.38. The van der Waals surface area contributed by atoms with Crippen LogP contribution in [0.15, 0.2) is 0 Å². The molecule has 3 nitrogen and oxygen atoms in total. The van der Waals surface area contributed by atoms with E-state index in [-0.39, 0.29) is 5.54 Å². The normalized spacial score (nSPS) is 33.9. The van der Waals surface area contributed by atoms with Gasteiger partial charge in [0.05, 0.1) is 0 Å². The highest BCUT2D eigenvalue weighted by Crippen LogP contribution is 2.39. The summed E-state index contributed by atoms with van der Waals surface area (Å²) in [6.07, 6.45) is 5.27. The summed E-state index contributed by atoms with van der Waals surface area (Å²) in [7, 11) is 2.29. The second-order valence-electron chi connectivity index (χ2n) is 6.36. The van der Waals surface area contributed by atoms with Crippen molar-refractivity contribution in [1.82, 2.24) is 9.80 Å². The molecule has 0 aromatic heterocycles. The number of fused-ring (bicyclic) bond motifs is 1. The number of nitrogens with two attached hydrogens (primary N) is 1. The van der Waals surface area contributed by atoms with Gasteiger partial charge in [-0.05, 0) is 51.7 Å². The van der Waals surface area contributed by atoms with E-state index >= 15 is 0 Å². The van der Waals surface area contributed by atoms with Crippen molar-refractivity contribution in [2.75, 3.05) is 33.2 Å². The van der Waals surface area contributed by atoms with E-state index in [9.17, 15) is 0 Å². The second kappa shape index (κ2) is 5.25. The van der Waals surface area contributed by atoms with Gasteiger partial charge in [0.1, 0.15) is 0 Å². The van der Waals surface area contributed by atoms with Crippen LogP contribution >= 0.6 is 0 Å². The van der Waals surface area contributed by atoms with E-state index in [1.165, 1.54) is 45.3 Å². The first-order chi connectivity index (χ1) is 8.10. The van der Waals surface area contributed by atoms with Crippen molar-refractivity contribution in [2.24, 2.45) is 11.7 Å². The summed E-state index contributed by atoms with van der Waals surface area (Å²) in [5.41, 5.74) is 6.43. The molecule has 3 heteroatoms. The number of nitrogens with zero attached hydrogens (tertiary/aromatic N) is 2. The van der Waals surface area contributed by atoms with Crippen LogP contribution in [0.2, 0.25) is 0 Å². The highest BCUT2D eigenvalue weighted by Gasteiger charge is 2.50. The minimum Gasteiger partial charge on any atom is -0.329 e. The van der Waals surface area contributed by atoms with Gasteiger partial charge in [0, 0.05) is 24.7 Å². The average Bonchev–Trinajstić information content (AvgIpc) is 2.87. The molecule has 0 saturated carbocycles. The molecule has 2 fully saturated rings. The summed E-state index contributed by atoms with van der Waals surface area (Å²) < 4.78 is 0. The molecular formula is C14H29N3. The number of hydrogen-bond donors (Lipinski definition) is 1. The Balaban J connectivity index is 2.03. The molecule has 2 saturated heterocycles. The maximum Gasteiger partial charge on any atom is 0.0496 e. The van der Waals surface area contributed by atoms with Gasteiger partial charge < -0.3 is 5.73 Å². The molecule has 2 heterocycles. The van der Waals surface area contributed by atoms with Crippen LogP contribution in [-0.2, 0) is 0 Å². The first-order valence-electron chi connectivity index (χ1n) is 7.25. The van der Waals surface area contributed by atoms with E-state index in [1.807, 2.05) is 0 Å². The zero-order valence-corrected chi connectivity index (χ0v) is 11.8. The van der Waals surface area contributed by atoms with Gasteiger partial charge >= 0.3 is 0 Å². The maximum absolute atomic E-state index is 6.16. The molecule has 2 aliphatic rings. The maximum atomic E-state index is 6.16. The number of hydrogen-bond acceptors (Lipinski definition) is 3. The van der Waals surface area contributed by atoms with E-state index in [2.05, 4.69) is 30.7 Å². The molecule has 2 N–H and O–H groups in total. The lowest BCUT2D eigenvalue weighted by atomic mass is 9.86. The Hall–Kier alpha value is -0.120. The second-order valence-corrected chi connectivity index (χ2v) is 6.36. The quantitative estimate of drug-likeness (QED) is 0.790. The van der Waals surface area contributed by atoms with Crippen molar-refractivity contribution in [2.45, 2.75) is 51.1 Å². The fourth-order valence-electron chi connectivity index (χ4n) is 3.72. The molecule has 2 unspecified atom stereocenters. The first-order valence-corrected chi connectivity index (χ1v) is 7.25. The summed E-state index contributed by atoms with van der Waals surface area (Å²) in [6, 6.07) is 0.727. The molecule has 0 aliphatic carbocycles. The average molecular weight is 239 g/mol. The minimum absolute atomic E-state index is 0.269. The molecule has 0 amide bonds. The minimum atomic E-state index is 0.269. The number of rotatable bonds is 5. The van der Waals surface area contributed by atoms with Crippen molar-refractivity contribution in [3.05, 3.63) is 0 Å². The molecule has 2 atom stereocenters. The van der Waals surface area contributed by atoms with Crippen molar-refractivity contribution >= 4 is 0 Å². The molecule has 0 radical (unpaired) electrons. The Morgan fingerprint density at radius 2 is 2.18 bits per heavy atom. The van der Waals surface area contributed by atoms with Crippen LogP contribution in [0.5, 0.6) is 0 Å². The van der Waals surface area contributed by atoms with Gasteiger partial charge in [-0.15, -0.1) is 0 Å². The van der Waals surface area contributed by atoms with Crippen molar-refractivity contribution < 1.29 is 0 Å². The zero-order valence-electron chi connectivity index (χ0n) is 11.8. The van der Waals surface area contributed by atoms with Gasteiger partial charge in [-0.2, -0.15) is 0 Å². The Morgan fingerprint density at radius 1 is 1.41 bits per heavy atom. The molecular weight excluding hydrogens is 210 g/mol. The molecule has 100 valence electrons.